The van der Waals surface area contributed by atoms with Crippen molar-refractivity contribution in [3.05, 3.63) is 59.4 Å². The first-order valence-corrected chi connectivity index (χ1v) is 8.88. The molecule has 1 aliphatic rings. The van der Waals surface area contributed by atoms with Gasteiger partial charge in [-0.05, 0) is 43.3 Å². The predicted molar refractivity (Wildman–Crippen MR) is 100 cm³/mol. The molecule has 5 nitrogen and oxygen atoms in total. The van der Waals surface area contributed by atoms with Crippen molar-refractivity contribution >= 4 is 23.3 Å². The van der Waals surface area contributed by atoms with Gasteiger partial charge in [0.1, 0.15) is 11.6 Å². The van der Waals surface area contributed by atoms with Crippen molar-refractivity contribution in [2.45, 2.75) is 13.2 Å². The van der Waals surface area contributed by atoms with Gasteiger partial charge >= 0.3 is 6.03 Å². The monoisotopic (exact) mass is 377 g/mol. The Morgan fingerprint density at radius 1 is 1.12 bits per heavy atom. The molecule has 0 saturated carbocycles. The molecule has 0 radical (unpaired) electrons. The maximum atomic E-state index is 13.9. The van der Waals surface area contributed by atoms with Crippen LogP contribution in [0.5, 0.6) is 5.75 Å². The summed E-state index contributed by atoms with van der Waals surface area (Å²) < 4.78 is 19.5. The molecule has 0 aliphatic carbocycles. The Labute approximate surface area is 157 Å². The highest BCUT2D eigenvalue weighted by molar-refractivity contribution is 6.30. The van der Waals surface area contributed by atoms with E-state index < -0.39 is 6.23 Å². The van der Waals surface area contributed by atoms with Crippen LogP contribution in [-0.2, 0) is 0 Å². The Balaban J connectivity index is 1.49. The molecule has 1 atom stereocenters. The molecule has 1 saturated heterocycles. The number of para-hydroxylation sites is 1. The second-order valence-electron chi connectivity index (χ2n) is 6.09. The van der Waals surface area contributed by atoms with Crippen molar-refractivity contribution in [3.8, 4) is 5.75 Å². The average Bonchev–Trinajstić information content (AvgIpc) is 2.64. The maximum Gasteiger partial charge on any atom is 0.320 e. The van der Waals surface area contributed by atoms with Crippen LogP contribution in [0, 0.1) is 5.82 Å². The third-order valence-electron chi connectivity index (χ3n) is 4.21. The van der Waals surface area contributed by atoms with Crippen LogP contribution < -0.4 is 15.0 Å². The van der Waals surface area contributed by atoms with E-state index in [0.29, 0.717) is 42.6 Å². The molecule has 1 N–H and O–H groups in total. The first-order valence-electron chi connectivity index (χ1n) is 8.50. The van der Waals surface area contributed by atoms with Gasteiger partial charge in [-0.15, -0.1) is 0 Å². The zero-order valence-electron chi connectivity index (χ0n) is 14.5. The highest BCUT2D eigenvalue weighted by Gasteiger charge is 2.23. The lowest BCUT2D eigenvalue weighted by atomic mass is 10.2. The number of rotatable bonds is 4. The van der Waals surface area contributed by atoms with Crippen molar-refractivity contribution in [1.82, 2.24) is 10.2 Å². The number of hydrogen-bond acceptors (Lipinski definition) is 3. The summed E-state index contributed by atoms with van der Waals surface area (Å²) in [7, 11) is 0. The van der Waals surface area contributed by atoms with E-state index in [1.807, 2.05) is 11.0 Å². The molecule has 1 heterocycles. The molecule has 1 fully saturated rings. The number of ether oxygens (including phenoxy) is 1. The van der Waals surface area contributed by atoms with Gasteiger partial charge in [-0.25, -0.2) is 9.18 Å². The predicted octanol–water partition coefficient (Wildman–Crippen LogP) is 3.74. The average molecular weight is 378 g/mol. The Morgan fingerprint density at radius 3 is 2.42 bits per heavy atom. The number of carbonyl (C=O) groups excluding carboxylic acids is 1. The number of nitrogens with zero attached hydrogens (tertiary/aromatic N) is 2. The van der Waals surface area contributed by atoms with Crippen LogP contribution in [0.4, 0.5) is 14.9 Å². The van der Waals surface area contributed by atoms with Crippen molar-refractivity contribution in [3.63, 3.8) is 0 Å². The van der Waals surface area contributed by atoms with E-state index in [0.717, 1.165) is 0 Å². The van der Waals surface area contributed by atoms with Crippen LogP contribution in [-0.4, -0.2) is 43.3 Å². The Morgan fingerprint density at radius 2 is 1.77 bits per heavy atom. The van der Waals surface area contributed by atoms with Gasteiger partial charge < -0.3 is 19.9 Å². The fourth-order valence-electron chi connectivity index (χ4n) is 2.87. The zero-order valence-corrected chi connectivity index (χ0v) is 15.2. The number of nitrogens with one attached hydrogen (secondary N) is 1. The largest absolute Gasteiger partial charge is 0.471 e. The highest BCUT2D eigenvalue weighted by atomic mass is 35.5. The minimum absolute atomic E-state index is 0.195. The fourth-order valence-corrected chi connectivity index (χ4v) is 3.00. The lowest BCUT2D eigenvalue weighted by Crippen LogP contribution is -2.54. The lowest BCUT2D eigenvalue weighted by Gasteiger charge is -2.36. The number of carbonyl (C=O) groups is 1. The van der Waals surface area contributed by atoms with Crippen molar-refractivity contribution < 1.29 is 13.9 Å². The number of benzene rings is 2. The Hall–Kier alpha value is -2.47. The first-order chi connectivity index (χ1) is 12.5. The van der Waals surface area contributed by atoms with Gasteiger partial charge in [0.25, 0.3) is 0 Å². The van der Waals surface area contributed by atoms with Gasteiger partial charge in [-0.3, -0.25) is 0 Å². The van der Waals surface area contributed by atoms with Crippen molar-refractivity contribution in [1.29, 1.82) is 0 Å². The van der Waals surface area contributed by atoms with Crippen LogP contribution in [0.3, 0.4) is 0 Å². The number of piperazine rings is 1. The third kappa shape index (κ3) is 4.58. The second kappa shape index (κ2) is 8.27. The molecule has 3 rings (SSSR count). The Kier molecular flexibility index (Phi) is 5.83. The number of urea groups is 1. The third-order valence-corrected chi connectivity index (χ3v) is 4.47. The molecular formula is C19H21ClFN3O2. The number of halogens is 2. The minimum Gasteiger partial charge on any atom is -0.471 e. The van der Waals surface area contributed by atoms with E-state index in [1.54, 1.807) is 48.2 Å². The van der Waals surface area contributed by atoms with Crippen LogP contribution in [0.2, 0.25) is 5.02 Å². The quantitative estimate of drug-likeness (QED) is 0.825. The molecule has 2 aromatic carbocycles. The molecule has 138 valence electrons. The molecule has 7 heteroatoms. The SMILES string of the molecule is CC(NC(=O)N1CCN(c2ccccc2F)CC1)Oc1ccc(Cl)cc1. The van der Waals surface area contributed by atoms with Crippen molar-refractivity contribution in [2.24, 2.45) is 0 Å². The topological polar surface area (TPSA) is 44.8 Å². The van der Waals surface area contributed by atoms with E-state index >= 15 is 0 Å². The summed E-state index contributed by atoms with van der Waals surface area (Å²) in [5.74, 6) is 0.391. The molecule has 2 amide bonds. The number of anilines is 1. The van der Waals surface area contributed by atoms with Crippen LogP contribution in [0.15, 0.2) is 48.5 Å². The molecule has 0 bridgehead atoms. The first kappa shape index (κ1) is 18.3. The molecular weight excluding hydrogens is 357 g/mol. The summed E-state index contributed by atoms with van der Waals surface area (Å²) in [6, 6.07) is 13.5. The normalized spacial score (nSPS) is 15.5. The summed E-state index contributed by atoms with van der Waals surface area (Å²) in [6.07, 6.45) is -0.478. The van der Waals surface area contributed by atoms with E-state index in [1.165, 1.54) is 6.07 Å². The van der Waals surface area contributed by atoms with Gasteiger partial charge in [0, 0.05) is 31.2 Å². The van der Waals surface area contributed by atoms with Gasteiger partial charge in [0.05, 0.1) is 5.69 Å². The van der Waals surface area contributed by atoms with Crippen LogP contribution >= 0.6 is 11.6 Å². The highest BCUT2D eigenvalue weighted by Crippen LogP contribution is 2.20. The standard InChI is InChI=1S/C19H21ClFN3O2/c1-14(26-16-8-6-15(20)7-9-16)22-19(25)24-12-10-23(11-13-24)18-5-3-2-4-17(18)21/h2-9,14H,10-13H2,1H3,(H,22,25). The maximum absolute atomic E-state index is 13.9. The summed E-state index contributed by atoms with van der Waals surface area (Å²) >= 11 is 5.84. The van der Waals surface area contributed by atoms with Crippen molar-refractivity contribution in [2.75, 3.05) is 31.1 Å². The molecule has 0 spiro atoms. The summed E-state index contributed by atoms with van der Waals surface area (Å²) in [6.45, 7) is 3.98. The molecule has 26 heavy (non-hydrogen) atoms. The Bertz CT molecular complexity index is 749. The second-order valence-corrected chi connectivity index (χ2v) is 6.53. The smallest absolute Gasteiger partial charge is 0.320 e. The number of hydrogen-bond donors (Lipinski definition) is 1. The summed E-state index contributed by atoms with van der Waals surface area (Å²) in [4.78, 5) is 16.0. The van der Waals surface area contributed by atoms with E-state index in [4.69, 9.17) is 16.3 Å². The molecule has 2 aromatic rings. The molecule has 1 aliphatic heterocycles. The molecule has 0 aromatic heterocycles. The van der Waals surface area contributed by atoms with E-state index in [9.17, 15) is 9.18 Å². The van der Waals surface area contributed by atoms with Gasteiger partial charge in [0.2, 0.25) is 0 Å². The zero-order chi connectivity index (χ0) is 18.5. The fraction of sp³-hybridized carbons (Fsp3) is 0.316. The van der Waals surface area contributed by atoms with Gasteiger partial charge in [-0.1, -0.05) is 23.7 Å². The van der Waals surface area contributed by atoms with Gasteiger partial charge in [0.15, 0.2) is 6.23 Å². The van der Waals surface area contributed by atoms with E-state index in [2.05, 4.69) is 5.32 Å². The summed E-state index contributed by atoms with van der Waals surface area (Å²) in [5.41, 5.74) is 0.576. The van der Waals surface area contributed by atoms with E-state index in [-0.39, 0.29) is 11.8 Å². The summed E-state index contributed by atoms with van der Waals surface area (Å²) in [5, 5.41) is 3.44. The molecule has 1 unspecified atom stereocenters. The van der Waals surface area contributed by atoms with Crippen LogP contribution in [0.1, 0.15) is 6.92 Å². The van der Waals surface area contributed by atoms with Crippen LogP contribution in [0.25, 0.3) is 0 Å². The number of amides is 2. The minimum atomic E-state index is -0.478. The lowest BCUT2D eigenvalue weighted by molar-refractivity contribution is 0.151. The van der Waals surface area contributed by atoms with Gasteiger partial charge in [-0.2, -0.15) is 0 Å².